The van der Waals surface area contributed by atoms with Crippen LogP contribution >= 0.6 is 0 Å². The lowest BCUT2D eigenvalue weighted by molar-refractivity contribution is 0.0699. The van der Waals surface area contributed by atoms with Crippen molar-refractivity contribution in [3.63, 3.8) is 0 Å². The number of guanidine groups is 1. The van der Waals surface area contributed by atoms with Gasteiger partial charge in [-0.2, -0.15) is 0 Å². The van der Waals surface area contributed by atoms with Crippen LogP contribution in [0.4, 0.5) is 5.69 Å². The highest BCUT2D eigenvalue weighted by atomic mass is 16.5. The quantitative estimate of drug-likeness (QED) is 0.350. The number of benzene rings is 1. The number of ether oxygens (including phenoxy) is 5. The van der Waals surface area contributed by atoms with E-state index in [1.165, 1.54) is 0 Å². The second-order valence-electron chi connectivity index (χ2n) is 7.05. The monoisotopic (exact) mass is 407 g/mol. The van der Waals surface area contributed by atoms with Crippen molar-refractivity contribution >= 4 is 11.6 Å². The Morgan fingerprint density at radius 1 is 1.10 bits per heavy atom. The number of aliphatic imine (C=N–C) groups is 1. The van der Waals surface area contributed by atoms with Gasteiger partial charge in [0.1, 0.15) is 0 Å². The highest BCUT2D eigenvalue weighted by molar-refractivity contribution is 5.94. The lowest BCUT2D eigenvalue weighted by Gasteiger charge is -2.15. The molecule has 0 amide bonds. The lowest BCUT2D eigenvalue weighted by Crippen LogP contribution is -2.33. The fraction of sp³-hybridized carbons (Fsp3) is 0.667. The summed E-state index contributed by atoms with van der Waals surface area (Å²) in [4.78, 5) is 4.72. The molecule has 29 heavy (non-hydrogen) atoms. The van der Waals surface area contributed by atoms with E-state index < -0.39 is 0 Å². The number of hydrogen-bond acceptors (Lipinski definition) is 6. The second kappa shape index (κ2) is 12.5. The summed E-state index contributed by atoms with van der Waals surface area (Å²) in [5, 5.41) is 6.75. The van der Waals surface area contributed by atoms with Crippen molar-refractivity contribution in [2.45, 2.75) is 31.8 Å². The van der Waals surface area contributed by atoms with Crippen molar-refractivity contribution < 1.29 is 23.7 Å². The molecule has 1 atom stereocenters. The summed E-state index contributed by atoms with van der Waals surface area (Å²) in [6.07, 6.45) is 4.14. The van der Waals surface area contributed by atoms with Gasteiger partial charge < -0.3 is 34.3 Å². The first-order valence-corrected chi connectivity index (χ1v) is 10.5. The van der Waals surface area contributed by atoms with Gasteiger partial charge in [0.25, 0.3) is 0 Å². The van der Waals surface area contributed by atoms with Crippen molar-refractivity contribution in [2.75, 3.05) is 65.2 Å². The van der Waals surface area contributed by atoms with E-state index in [1.807, 2.05) is 18.2 Å². The first-order valence-electron chi connectivity index (χ1n) is 10.5. The van der Waals surface area contributed by atoms with Gasteiger partial charge in [-0.05, 0) is 31.4 Å². The minimum Gasteiger partial charge on any atom is -0.490 e. The zero-order valence-electron chi connectivity index (χ0n) is 17.3. The van der Waals surface area contributed by atoms with Crippen LogP contribution < -0.4 is 20.1 Å². The van der Waals surface area contributed by atoms with Crippen LogP contribution in [0.2, 0.25) is 0 Å². The lowest BCUT2D eigenvalue weighted by atomic mass is 10.2. The molecule has 0 radical (unpaired) electrons. The Labute approximate surface area is 172 Å². The minimum atomic E-state index is 0.203. The van der Waals surface area contributed by atoms with Crippen molar-refractivity contribution in [2.24, 2.45) is 4.99 Å². The van der Waals surface area contributed by atoms with E-state index in [0.717, 1.165) is 62.0 Å². The summed E-state index contributed by atoms with van der Waals surface area (Å²) in [5.74, 6) is 2.27. The first kappa shape index (κ1) is 21.7. The van der Waals surface area contributed by atoms with E-state index >= 15 is 0 Å². The Balaban J connectivity index is 1.54. The highest BCUT2D eigenvalue weighted by Gasteiger charge is 2.15. The molecule has 2 aliphatic rings. The number of anilines is 1. The molecule has 162 valence electrons. The molecule has 8 nitrogen and oxygen atoms in total. The van der Waals surface area contributed by atoms with Gasteiger partial charge in [-0.15, -0.1) is 0 Å². The molecule has 0 saturated carbocycles. The Kier molecular flexibility index (Phi) is 9.35. The molecule has 0 aliphatic carbocycles. The van der Waals surface area contributed by atoms with Crippen molar-refractivity contribution in [3.05, 3.63) is 18.2 Å². The Hall–Kier alpha value is -2.03. The van der Waals surface area contributed by atoms with Gasteiger partial charge in [0.05, 0.1) is 39.1 Å². The normalized spacial score (nSPS) is 19.1. The molecule has 2 aliphatic heterocycles. The van der Waals surface area contributed by atoms with Gasteiger partial charge in [-0.3, -0.25) is 4.99 Å². The van der Waals surface area contributed by atoms with E-state index in [2.05, 4.69) is 10.6 Å². The average Bonchev–Trinajstić information content (AvgIpc) is 3.15. The third-order valence-electron chi connectivity index (χ3n) is 4.68. The summed E-state index contributed by atoms with van der Waals surface area (Å²) in [5.41, 5.74) is 0.907. The second-order valence-corrected chi connectivity index (χ2v) is 7.05. The van der Waals surface area contributed by atoms with Crippen molar-refractivity contribution in [1.82, 2.24) is 5.32 Å². The van der Waals surface area contributed by atoms with E-state index in [0.29, 0.717) is 39.6 Å². The molecule has 1 fully saturated rings. The molecule has 1 aromatic carbocycles. The molecule has 0 bridgehead atoms. The van der Waals surface area contributed by atoms with Crippen LogP contribution in [0.15, 0.2) is 23.2 Å². The molecular formula is C21H33N3O5. The standard InChI is InChI=1S/C21H33N3O5/c1-25-13-14-26-9-3-8-22-21(23-16-18-5-2-10-27-18)24-17-6-7-19-20(15-17)29-12-4-11-28-19/h6-7,15,18H,2-5,8-14,16H2,1H3,(H2,22,23,24). The Morgan fingerprint density at radius 3 is 2.83 bits per heavy atom. The SMILES string of the molecule is COCCOCCCNC(=NCC1CCCO1)Nc1ccc2c(c1)OCCCO2. The molecule has 0 aromatic heterocycles. The Bertz CT molecular complexity index is 635. The van der Waals surface area contributed by atoms with Gasteiger partial charge in [0.2, 0.25) is 0 Å². The average molecular weight is 408 g/mol. The predicted molar refractivity (Wildman–Crippen MR) is 112 cm³/mol. The molecule has 1 unspecified atom stereocenters. The van der Waals surface area contributed by atoms with Crippen LogP contribution in [0.5, 0.6) is 11.5 Å². The largest absolute Gasteiger partial charge is 0.490 e. The number of hydrogen-bond donors (Lipinski definition) is 2. The molecule has 1 aromatic rings. The van der Waals surface area contributed by atoms with Crippen LogP contribution in [-0.2, 0) is 14.2 Å². The maximum atomic E-state index is 5.79. The molecule has 2 N–H and O–H groups in total. The number of fused-ring (bicyclic) bond motifs is 1. The topological polar surface area (TPSA) is 82.6 Å². The molecule has 8 heteroatoms. The zero-order valence-corrected chi connectivity index (χ0v) is 17.3. The molecule has 2 heterocycles. The summed E-state index contributed by atoms with van der Waals surface area (Å²) >= 11 is 0. The van der Waals surface area contributed by atoms with Gasteiger partial charge in [0.15, 0.2) is 17.5 Å². The van der Waals surface area contributed by atoms with Crippen LogP contribution in [0.1, 0.15) is 25.7 Å². The van der Waals surface area contributed by atoms with Gasteiger partial charge in [0, 0.05) is 45.0 Å². The maximum Gasteiger partial charge on any atom is 0.195 e. The van der Waals surface area contributed by atoms with Crippen molar-refractivity contribution in [3.8, 4) is 11.5 Å². The highest BCUT2D eigenvalue weighted by Crippen LogP contribution is 2.32. The third-order valence-corrected chi connectivity index (χ3v) is 4.68. The number of rotatable bonds is 10. The third kappa shape index (κ3) is 7.72. The van der Waals surface area contributed by atoms with Gasteiger partial charge >= 0.3 is 0 Å². The summed E-state index contributed by atoms with van der Waals surface area (Å²) in [6, 6.07) is 5.87. The molecule has 0 spiro atoms. The van der Waals surface area contributed by atoms with E-state index in [4.69, 9.17) is 28.7 Å². The smallest absolute Gasteiger partial charge is 0.195 e. The van der Waals surface area contributed by atoms with E-state index in [1.54, 1.807) is 7.11 Å². The van der Waals surface area contributed by atoms with Crippen LogP contribution in [0.3, 0.4) is 0 Å². The van der Waals surface area contributed by atoms with Crippen LogP contribution in [-0.4, -0.2) is 71.9 Å². The number of methoxy groups -OCH3 is 1. The van der Waals surface area contributed by atoms with Gasteiger partial charge in [-0.1, -0.05) is 0 Å². The summed E-state index contributed by atoms with van der Waals surface area (Å²) in [6.45, 7) is 5.49. The van der Waals surface area contributed by atoms with Crippen molar-refractivity contribution in [1.29, 1.82) is 0 Å². The summed E-state index contributed by atoms with van der Waals surface area (Å²) < 4.78 is 27.7. The minimum absolute atomic E-state index is 0.203. The van der Waals surface area contributed by atoms with Crippen LogP contribution in [0.25, 0.3) is 0 Å². The Morgan fingerprint density at radius 2 is 2.00 bits per heavy atom. The molecular weight excluding hydrogens is 374 g/mol. The molecule has 3 rings (SSSR count). The first-order chi connectivity index (χ1) is 14.3. The summed E-state index contributed by atoms with van der Waals surface area (Å²) in [7, 11) is 1.67. The van der Waals surface area contributed by atoms with Gasteiger partial charge in [-0.25, -0.2) is 0 Å². The number of nitrogens with one attached hydrogen (secondary N) is 2. The predicted octanol–water partition coefficient (Wildman–Crippen LogP) is 2.44. The van der Waals surface area contributed by atoms with E-state index in [9.17, 15) is 0 Å². The maximum absolute atomic E-state index is 5.79. The van der Waals surface area contributed by atoms with E-state index in [-0.39, 0.29) is 6.10 Å². The van der Waals surface area contributed by atoms with Crippen LogP contribution in [0, 0.1) is 0 Å². The number of nitrogens with zero attached hydrogens (tertiary/aromatic N) is 1. The molecule has 1 saturated heterocycles. The zero-order chi connectivity index (χ0) is 20.2. The fourth-order valence-electron chi connectivity index (χ4n) is 3.12. The fourth-order valence-corrected chi connectivity index (χ4v) is 3.12.